The topological polar surface area (TPSA) is 95.5 Å². The highest BCUT2D eigenvalue weighted by atomic mass is 35.5. The molecule has 0 saturated heterocycles. The molecule has 36 heavy (non-hydrogen) atoms. The molecule has 0 aliphatic heterocycles. The van der Waals surface area contributed by atoms with Crippen LogP contribution in [0.5, 0.6) is 23.0 Å². The number of carbonyl (C=O) groups is 2. The molecule has 9 heteroatoms. The number of rotatable bonds is 12. The number of nitrogens with one attached hydrogen (secondary N) is 1. The summed E-state index contributed by atoms with van der Waals surface area (Å²) in [5.41, 5.74) is 3.40. The summed E-state index contributed by atoms with van der Waals surface area (Å²) >= 11 is 5.89. The van der Waals surface area contributed by atoms with Gasteiger partial charge in [0, 0.05) is 5.02 Å². The summed E-state index contributed by atoms with van der Waals surface area (Å²) in [7, 11) is 0. The summed E-state index contributed by atoms with van der Waals surface area (Å²) in [5.74, 6) is 0.848. The molecule has 0 unspecified atom stereocenters. The van der Waals surface area contributed by atoms with Crippen LogP contribution < -0.4 is 24.4 Å². The van der Waals surface area contributed by atoms with Gasteiger partial charge >= 0.3 is 5.97 Å². The van der Waals surface area contributed by atoms with Crippen LogP contribution in [0.4, 0.5) is 0 Å². The number of hydrazone groups is 1. The van der Waals surface area contributed by atoms with E-state index in [4.69, 9.17) is 30.5 Å². The van der Waals surface area contributed by atoms with Gasteiger partial charge < -0.3 is 18.9 Å². The summed E-state index contributed by atoms with van der Waals surface area (Å²) < 4.78 is 22.1. The first kappa shape index (κ1) is 26.6. The van der Waals surface area contributed by atoms with E-state index in [0.717, 1.165) is 6.42 Å². The van der Waals surface area contributed by atoms with Crippen molar-refractivity contribution in [2.24, 2.45) is 5.10 Å². The summed E-state index contributed by atoms with van der Waals surface area (Å²) in [5, 5.41) is 4.45. The molecule has 188 valence electrons. The van der Waals surface area contributed by atoms with Gasteiger partial charge in [0.1, 0.15) is 11.5 Å². The van der Waals surface area contributed by atoms with Gasteiger partial charge in [-0.3, -0.25) is 4.79 Å². The number of amides is 1. The van der Waals surface area contributed by atoms with Gasteiger partial charge in [0.05, 0.1) is 25.0 Å². The number of carbonyl (C=O) groups excluding carboxylic acids is 2. The summed E-state index contributed by atoms with van der Waals surface area (Å²) in [6, 6.07) is 18.4. The Kier molecular flexibility index (Phi) is 10.1. The number of hydrogen-bond donors (Lipinski definition) is 1. The second-order valence-corrected chi connectivity index (χ2v) is 7.88. The van der Waals surface area contributed by atoms with Gasteiger partial charge in [0.2, 0.25) is 0 Å². The Balaban J connectivity index is 1.58. The Hall–Kier alpha value is -4.04. The largest absolute Gasteiger partial charge is 0.494 e. The van der Waals surface area contributed by atoms with Gasteiger partial charge in [-0.05, 0) is 79.6 Å². The minimum Gasteiger partial charge on any atom is -0.494 e. The van der Waals surface area contributed by atoms with Crippen molar-refractivity contribution in [1.29, 1.82) is 0 Å². The highest BCUT2D eigenvalue weighted by molar-refractivity contribution is 6.30. The molecule has 0 aliphatic rings. The maximum Gasteiger partial charge on any atom is 0.343 e. The summed E-state index contributed by atoms with van der Waals surface area (Å²) in [4.78, 5) is 24.6. The van der Waals surface area contributed by atoms with E-state index in [-0.39, 0.29) is 12.4 Å². The van der Waals surface area contributed by atoms with Crippen molar-refractivity contribution in [3.8, 4) is 23.0 Å². The third kappa shape index (κ3) is 8.32. The van der Waals surface area contributed by atoms with E-state index in [2.05, 4.69) is 10.5 Å². The zero-order valence-electron chi connectivity index (χ0n) is 20.0. The minimum absolute atomic E-state index is 0.220. The van der Waals surface area contributed by atoms with E-state index < -0.39 is 11.9 Å². The molecular weight excluding hydrogens is 484 g/mol. The van der Waals surface area contributed by atoms with Crippen molar-refractivity contribution in [1.82, 2.24) is 5.43 Å². The summed E-state index contributed by atoms with van der Waals surface area (Å²) in [6.07, 6.45) is 2.34. The molecule has 0 aromatic heterocycles. The molecule has 0 aliphatic carbocycles. The lowest BCUT2D eigenvalue weighted by Gasteiger charge is -2.12. The predicted molar refractivity (Wildman–Crippen MR) is 137 cm³/mol. The highest BCUT2D eigenvalue weighted by Gasteiger charge is 2.13. The standard InChI is InChI=1S/C27H27ClN2O6/c1-3-14-34-22-11-9-20(10-12-22)27(32)36-24-13-8-19(15-25(24)33-4-2)17-29-30-26(31)18-35-23-7-5-6-21(28)16-23/h5-13,15-17H,3-4,14,18H2,1-2H3,(H,30,31)/b29-17-. The van der Waals surface area contributed by atoms with Crippen LogP contribution in [0.3, 0.4) is 0 Å². The van der Waals surface area contributed by atoms with E-state index in [1.807, 2.05) is 13.8 Å². The zero-order valence-corrected chi connectivity index (χ0v) is 20.8. The van der Waals surface area contributed by atoms with Crippen molar-refractivity contribution in [3.63, 3.8) is 0 Å². The molecule has 3 aromatic carbocycles. The maximum absolute atomic E-state index is 12.6. The third-order valence-electron chi connectivity index (χ3n) is 4.60. The van der Waals surface area contributed by atoms with Crippen LogP contribution in [0.15, 0.2) is 71.8 Å². The number of esters is 1. The molecule has 0 bridgehead atoms. The first-order valence-electron chi connectivity index (χ1n) is 11.4. The minimum atomic E-state index is -0.522. The van der Waals surface area contributed by atoms with Crippen LogP contribution in [0.1, 0.15) is 36.2 Å². The molecule has 1 amide bonds. The zero-order chi connectivity index (χ0) is 25.8. The number of halogens is 1. The van der Waals surface area contributed by atoms with E-state index >= 15 is 0 Å². The highest BCUT2D eigenvalue weighted by Crippen LogP contribution is 2.29. The quantitative estimate of drug-likeness (QED) is 0.154. The molecule has 0 spiro atoms. The number of nitrogens with zero attached hydrogens (tertiary/aromatic N) is 1. The molecule has 3 rings (SSSR count). The molecule has 0 heterocycles. The lowest BCUT2D eigenvalue weighted by Crippen LogP contribution is -2.24. The van der Waals surface area contributed by atoms with Gasteiger partial charge in [0.25, 0.3) is 5.91 Å². The van der Waals surface area contributed by atoms with Crippen LogP contribution in [-0.4, -0.2) is 37.9 Å². The van der Waals surface area contributed by atoms with Crippen molar-refractivity contribution >= 4 is 29.7 Å². The first-order valence-corrected chi connectivity index (χ1v) is 11.8. The fourth-order valence-corrected chi connectivity index (χ4v) is 3.12. The Morgan fingerprint density at radius 1 is 0.917 bits per heavy atom. The van der Waals surface area contributed by atoms with Crippen molar-refractivity contribution in [2.45, 2.75) is 20.3 Å². The van der Waals surface area contributed by atoms with Crippen LogP contribution in [-0.2, 0) is 4.79 Å². The molecule has 0 atom stereocenters. The lowest BCUT2D eigenvalue weighted by molar-refractivity contribution is -0.123. The smallest absolute Gasteiger partial charge is 0.343 e. The van der Waals surface area contributed by atoms with E-state index in [1.165, 1.54) is 6.21 Å². The first-order chi connectivity index (χ1) is 17.5. The molecule has 0 radical (unpaired) electrons. The monoisotopic (exact) mass is 510 g/mol. The van der Waals surface area contributed by atoms with Crippen LogP contribution in [0, 0.1) is 0 Å². The maximum atomic E-state index is 12.6. The number of hydrogen-bond acceptors (Lipinski definition) is 7. The number of benzene rings is 3. The second-order valence-electron chi connectivity index (χ2n) is 7.44. The second kappa shape index (κ2) is 13.7. The van der Waals surface area contributed by atoms with Crippen LogP contribution >= 0.6 is 11.6 Å². The number of ether oxygens (including phenoxy) is 4. The Morgan fingerprint density at radius 3 is 2.44 bits per heavy atom. The predicted octanol–water partition coefficient (Wildman–Crippen LogP) is 5.28. The van der Waals surface area contributed by atoms with Crippen molar-refractivity contribution in [3.05, 3.63) is 82.9 Å². The van der Waals surface area contributed by atoms with Gasteiger partial charge in [0.15, 0.2) is 18.1 Å². The summed E-state index contributed by atoms with van der Waals surface area (Å²) in [6.45, 7) is 4.60. The Morgan fingerprint density at radius 2 is 1.72 bits per heavy atom. The molecular formula is C27H27ClN2O6. The average Bonchev–Trinajstić information content (AvgIpc) is 2.88. The van der Waals surface area contributed by atoms with Gasteiger partial charge in [-0.1, -0.05) is 24.6 Å². The molecule has 0 saturated carbocycles. The van der Waals surface area contributed by atoms with Gasteiger partial charge in [-0.2, -0.15) is 5.10 Å². The van der Waals surface area contributed by atoms with E-state index in [0.29, 0.717) is 46.6 Å². The van der Waals surface area contributed by atoms with E-state index in [1.54, 1.807) is 66.7 Å². The Bertz CT molecular complexity index is 1200. The van der Waals surface area contributed by atoms with E-state index in [9.17, 15) is 9.59 Å². The molecule has 0 fully saturated rings. The van der Waals surface area contributed by atoms with Gasteiger partial charge in [-0.25, -0.2) is 10.2 Å². The lowest BCUT2D eigenvalue weighted by atomic mass is 10.2. The fourth-order valence-electron chi connectivity index (χ4n) is 2.94. The average molecular weight is 511 g/mol. The molecule has 8 nitrogen and oxygen atoms in total. The van der Waals surface area contributed by atoms with Crippen LogP contribution in [0.2, 0.25) is 5.02 Å². The fraction of sp³-hybridized carbons (Fsp3) is 0.222. The molecule has 3 aromatic rings. The SMILES string of the molecule is CCCOc1ccc(C(=O)Oc2ccc(/C=N\NC(=O)COc3cccc(Cl)c3)cc2OCC)cc1. The van der Waals surface area contributed by atoms with Crippen molar-refractivity contribution in [2.75, 3.05) is 19.8 Å². The normalized spacial score (nSPS) is 10.6. The van der Waals surface area contributed by atoms with Crippen LogP contribution in [0.25, 0.3) is 0 Å². The third-order valence-corrected chi connectivity index (χ3v) is 4.84. The Labute approximate surface area is 214 Å². The molecule has 1 N–H and O–H groups in total. The van der Waals surface area contributed by atoms with Gasteiger partial charge in [-0.15, -0.1) is 0 Å². The van der Waals surface area contributed by atoms with Crippen molar-refractivity contribution < 1.29 is 28.5 Å².